The van der Waals surface area contributed by atoms with Gasteiger partial charge in [0.15, 0.2) is 5.82 Å². The van der Waals surface area contributed by atoms with E-state index in [0.717, 1.165) is 22.6 Å². The van der Waals surface area contributed by atoms with Crippen molar-refractivity contribution in [3.05, 3.63) is 36.5 Å². The van der Waals surface area contributed by atoms with Crippen LogP contribution in [0.4, 0.5) is 5.95 Å². The van der Waals surface area contributed by atoms with E-state index in [0.29, 0.717) is 19.0 Å². The Morgan fingerprint density at radius 1 is 1.19 bits per heavy atom. The molecule has 0 saturated carbocycles. The van der Waals surface area contributed by atoms with E-state index in [4.69, 9.17) is 5.73 Å². The van der Waals surface area contributed by atoms with Crippen LogP contribution in [0.25, 0.3) is 22.6 Å². The molecular formula is C15H18N6. The van der Waals surface area contributed by atoms with Crippen LogP contribution in [0.5, 0.6) is 0 Å². The first-order valence-electron chi connectivity index (χ1n) is 6.87. The van der Waals surface area contributed by atoms with Gasteiger partial charge in [0.05, 0.1) is 11.0 Å². The number of imidazole rings is 1. The number of nitrogens with two attached hydrogens (primary N) is 1. The summed E-state index contributed by atoms with van der Waals surface area (Å²) in [6.07, 6.45) is 1.75. The van der Waals surface area contributed by atoms with Crippen LogP contribution in [0.3, 0.4) is 0 Å². The highest BCUT2D eigenvalue weighted by atomic mass is 15.2. The Morgan fingerprint density at radius 3 is 2.76 bits per heavy atom. The van der Waals surface area contributed by atoms with Crippen molar-refractivity contribution >= 4 is 17.0 Å². The third-order valence-electron chi connectivity index (χ3n) is 3.47. The van der Waals surface area contributed by atoms with Crippen molar-refractivity contribution in [2.24, 2.45) is 12.8 Å². The van der Waals surface area contributed by atoms with Crippen LogP contribution in [0.2, 0.25) is 0 Å². The summed E-state index contributed by atoms with van der Waals surface area (Å²) in [5.74, 6) is 1.49. The van der Waals surface area contributed by atoms with Crippen molar-refractivity contribution in [1.29, 1.82) is 0 Å². The van der Waals surface area contributed by atoms with Gasteiger partial charge >= 0.3 is 0 Å². The van der Waals surface area contributed by atoms with Gasteiger partial charge in [0.2, 0.25) is 5.95 Å². The number of nitrogens with zero attached hydrogens (tertiary/aromatic N) is 5. The Labute approximate surface area is 123 Å². The zero-order valence-electron chi connectivity index (χ0n) is 12.2. The molecule has 108 valence electrons. The molecule has 2 aromatic heterocycles. The SMILES string of the molecule is CN(CCN)c1nccc(-c2nc3ccccc3n2C)n1. The smallest absolute Gasteiger partial charge is 0.225 e. The number of para-hydroxylation sites is 2. The van der Waals surface area contributed by atoms with Crippen molar-refractivity contribution in [3.8, 4) is 11.5 Å². The van der Waals surface area contributed by atoms with Gasteiger partial charge in [-0.3, -0.25) is 0 Å². The van der Waals surface area contributed by atoms with E-state index in [1.165, 1.54) is 0 Å². The average Bonchev–Trinajstić information content (AvgIpc) is 2.85. The Morgan fingerprint density at radius 2 is 2.00 bits per heavy atom. The second-order valence-corrected chi connectivity index (χ2v) is 4.94. The molecule has 2 N–H and O–H groups in total. The van der Waals surface area contributed by atoms with Gasteiger partial charge in [-0.05, 0) is 18.2 Å². The van der Waals surface area contributed by atoms with Crippen molar-refractivity contribution in [3.63, 3.8) is 0 Å². The minimum atomic E-state index is 0.566. The quantitative estimate of drug-likeness (QED) is 0.783. The molecule has 6 heteroatoms. The lowest BCUT2D eigenvalue weighted by Gasteiger charge is -2.15. The standard InChI is InChI=1S/C15H18N6/c1-20(10-8-16)15-17-9-7-12(19-15)14-18-11-5-3-4-6-13(11)21(14)2/h3-7,9H,8,10,16H2,1-2H3. The number of benzene rings is 1. The molecule has 0 fully saturated rings. The molecule has 2 heterocycles. The zero-order valence-corrected chi connectivity index (χ0v) is 12.2. The van der Waals surface area contributed by atoms with Crippen molar-refractivity contribution in [2.75, 3.05) is 25.0 Å². The summed E-state index contributed by atoms with van der Waals surface area (Å²) < 4.78 is 2.05. The Kier molecular flexibility index (Phi) is 3.53. The topological polar surface area (TPSA) is 72.9 Å². The van der Waals surface area contributed by atoms with Gasteiger partial charge in [0, 0.05) is 33.4 Å². The third kappa shape index (κ3) is 2.45. The first-order chi connectivity index (χ1) is 10.2. The summed E-state index contributed by atoms with van der Waals surface area (Å²) in [6.45, 7) is 1.28. The molecule has 0 spiro atoms. The van der Waals surface area contributed by atoms with Crippen LogP contribution in [-0.2, 0) is 7.05 Å². The van der Waals surface area contributed by atoms with E-state index in [1.807, 2.05) is 47.8 Å². The monoisotopic (exact) mass is 282 g/mol. The van der Waals surface area contributed by atoms with E-state index in [1.54, 1.807) is 6.20 Å². The van der Waals surface area contributed by atoms with Gasteiger partial charge in [-0.15, -0.1) is 0 Å². The average molecular weight is 282 g/mol. The zero-order chi connectivity index (χ0) is 14.8. The molecule has 0 aliphatic rings. The molecule has 6 nitrogen and oxygen atoms in total. The molecule has 0 saturated heterocycles. The van der Waals surface area contributed by atoms with Gasteiger partial charge in [-0.2, -0.15) is 0 Å². The van der Waals surface area contributed by atoms with Crippen LogP contribution in [-0.4, -0.2) is 39.7 Å². The van der Waals surface area contributed by atoms with Crippen molar-refractivity contribution in [1.82, 2.24) is 19.5 Å². The summed E-state index contributed by atoms with van der Waals surface area (Å²) in [4.78, 5) is 15.5. The Balaban J connectivity index is 2.06. The maximum absolute atomic E-state index is 5.58. The number of likely N-dealkylation sites (N-methyl/N-ethyl adjacent to an activating group) is 1. The molecule has 21 heavy (non-hydrogen) atoms. The fourth-order valence-electron chi connectivity index (χ4n) is 2.33. The second-order valence-electron chi connectivity index (χ2n) is 4.94. The summed E-state index contributed by atoms with van der Waals surface area (Å²) in [6, 6.07) is 9.92. The number of hydrogen-bond acceptors (Lipinski definition) is 5. The highest BCUT2D eigenvalue weighted by molar-refractivity contribution is 5.79. The highest BCUT2D eigenvalue weighted by Gasteiger charge is 2.12. The predicted molar refractivity (Wildman–Crippen MR) is 84.1 cm³/mol. The van der Waals surface area contributed by atoms with Gasteiger partial charge in [0.1, 0.15) is 5.69 Å². The summed E-state index contributed by atoms with van der Waals surface area (Å²) in [5, 5.41) is 0. The van der Waals surface area contributed by atoms with E-state index < -0.39 is 0 Å². The van der Waals surface area contributed by atoms with Crippen LogP contribution in [0.1, 0.15) is 0 Å². The molecule has 0 atom stereocenters. The van der Waals surface area contributed by atoms with Crippen LogP contribution >= 0.6 is 0 Å². The predicted octanol–water partition coefficient (Wildman–Crippen LogP) is 1.43. The van der Waals surface area contributed by atoms with Crippen LogP contribution < -0.4 is 10.6 Å². The number of aromatic nitrogens is 4. The summed E-state index contributed by atoms with van der Waals surface area (Å²) in [7, 11) is 3.93. The number of rotatable bonds is 4. The van der Waals surface area contributed by atoms with Gasteiger partial charge in [0.25, 0.3) is 0 Å². The molecule has 1 aromatic carbocycles. The molecule has 3 aromatic rings. The van der Waals surface area contributed by atoms with Crippen molar-refractivity contribution in [2.45, 2.75) is 0 Å². The maximum atomic E-state index is 5.58. The highest BCUT2D eigenvalue weighted by Crippen LogP contribution is 2.22. The number of hydrogen-bond donors (Lipinski definition) is 1. The van der Waals surface area contributed by atoms with Crippen LogP contribution in [0.15, 0.2) is 36.5 Å². The normalized spacial score (nSPS) is 11.0. The van der Waals surface area contributed by atoms with E-state index >= 15 is 0 Å². The van der Waals surface area contributed by atoms with Gasteiger partial charge < -0.3 is 15.2 Å². The fourth-order valence-corrected chi connectivity index (χ4v) is 2.33. The largest absolute Gasteiger partial charge is 0.343 e. The Hall–Kier alpha value is -2.47. The molecular weight excluding hydrogens is 264 g/mol. The lowest BCUT2D eigenvalue weighted by molar-refractivity contribution is 0.843. The van der Waals surface area contributed by atoms with E-state index in [2.05, 4.69) is 21.0 Å². The fraction of sp³-hybridized carbons (Fsp3) is 0.267. The van der Waals surface area contributed by atoms with Crippen LogP contribution in [0, 0.1) is 0 Å². The van der Waals surface area contributed by atoms with Gasteiger partial charge in [-0.25, -0.2) is 15.0 Å². The first-order valence-corrected chi connectivity index (χ1v) is 6.87. The first kappa shape index (κ1) is 13.5. The number of aryl methyl sites for hydroxylation is 1. The molecule has 0 bridgehead atoms. The second kappa shape index (κ2) is 5.49. The van der Waals surface area contributed by atoms with Crippen molar-refractivity contribution < 1.29 is 0 Å². The molecule has 0 radical (unpaired) electrons. The lowest BCUT2D eigenvalue weighted by Crippen LogP contribution is -2.26. The molecule has 0 aliphatic carbocycles. The maximum Gasteiger partial charge on any atom is 0.225 e. The number of fused-ring (bicyclic) bond motifs is 1. The summed E-state index contributed by atoms with van der Waals surface area (Å²) >= 11 is 0. The number of anilines is 1. The third-order valence-corrected chi connectivity index (χ3v) is 3.47. The minimum Gasteiger partial charge on any atom is -0.343 e. The summed E-state index contributed by atoms with van der Waals surface area (Å²) in [5.41, 5.74) is 8.43. The Bertz CT molecular complexity index is 764. The molecule has 0 unspecified atom stereocenters. The molecule has 0 amide bonds. The lowest BCUT2D eigenvalue weighted by atomic mass is 10.3. The molecule has 0 aliphatic heterocycles. The van der Waals surface area contributed by atoms with Gasteiger partial charge in [-0.1, -0.05) is 12.1 Å². The van der Waals surface area contributed by atoms with E-state index in [9.17, 15) is 0 Å². The van der Waals surface area contributed by atoms with E-state index in [-0.39, 0.29) is 0 Å². The molecule has 3 rings (SSSR count). The minimum absolute atomic E-state index is 0.566.